The van der Waals surface area contributed by atoms with E-state index in [0.29, 0.717) is 0 Å². The monoisotopic (exact) mass is 320 g/mol. The topological polar surface area (TPSA) is 9.23 Å². The molecule has 0 fully saturated rings. The molecule has 0 aliphatic carbocycles. The van der Waals surface area contributed by atoms with E-state index in [2.05, 4.69) is 61.5 Å². The molecule has 0 bridgehead atoms. The Kier molecular flexibility index (Phi) is 6.12. The van der Waals surface area contributed by atoms with Gasteiger partial charge in [0.25, 0.3) is 0 Å². The average Bonchev–Trinajstić information content (AvgIpc) is 2.62. The summed E-state index contributed by atoms with van der Waals surface area (Å²) in [6.07, 6.45) is 9.21. The van der Waals surface area contributed by atoms with Gasteiger partial charge in [-0.3, -0.25) is 0 Å². The van der Waals surface area contributed by atoms with Gasteiger partial charge in [0.05, 0.1) is 6.61 Å². The van der Waals surface area contributed by atoms with Crippen molar-refractivity contribution in [3.05, 3.63) is 54.6 Å². The van der Waals surface area contributed by atoms with Gasteiger partial charge in [-0.05, 0) is 40.8 Å². The van der Waals surface area contributed by atoms with E-state index in [1.54, 1.807) is 0 Å². The quantitative estimate of drug-likeness (QED) is 0.301. The fourth-order valence-electron chi connectivity index (χ4n) is 3.31. The van der Waals surface area contributed by atoms with Crippen LogP contribution >= 0.6 is 0 Å². The molecule has 3 aromatic rings. The lowest BCUT2D eigenvalue weighted by Gasteiger charge is -2.10. The molecule has 0 spiro atoms. The first-order valence-corrected chi connectivity index (χ1v) is 9.43. The molecular weight excluding hydrogens is 292 g/mol. The van der Waals surface area contributed by atoms with E-state index in [1.165, 1.54) is 60.1 Å². The second-order valence-corrected chi connectivity index (χ2v) is 6.65. The summed E-state index contributed by atoms with van der Waals surface area (Å²) < 4.78 is 6.10. The highest BCUT2D eigenvalue weighted by Crippen LogP contribution is 2.30. The molecule has 3 aromatic carbocycles. The molecule has 0 heterocycles. The Hall–Kier alpha value is -2.02. The van der Waals surface area contributed by atoms with E-state index in [9.17, 15) is 0 Å². The van der Waals surface area contributed by atoms with Crippen LogP contribution in [0.3, 0.4) is 0 Å². The van der Waals surface area contributed by atoms with Gasteiger partial charge in [0.2, 0.25) is 0 Å². The van der Waals surface area contributed by atoms with Gasteiger partial charge in [-0.2, -0.15) is 0 Å². The molecule has 0 N–H and O–H groups in total. The first kappa shape index (κ1) is 16.8. The van der Waals surface area contributed by atoms with Crippen molar-refractivity contribution in [2.45, 2.75) is 51.9 Å². The zero-order chi connectivity index (χ0) is 16.6. The van der Waals surface area contributed by atoms with Crippen LogP contribution in [0.25, 0.3) is 21.5 Å². The first-order valence-electron chi connectivity index (χ1n) is 9.43. The van der Waals surface area contributed by atoms with Gasteiger partial charge in [-0.1, -0.05) is 81.8 Å². The summed E-state index contributed by atoms with van der Waals surface area (Å²) in [6, 6.07) is 19.4. The number of unbranched alkanes of at least 4 members (excludes halogenated alkanes) is 6. The molecule has 0 aromatic heterocycles. The number of hydrogen-bond acceptors (Lipinski definition) is 1. The fourth-order valence-corrected chi connectivity index (χ4v) is 3.31. The maximum atomic E-state index is 6.10. The maximum absolute atomic E-state index is 6.10. The smallest absolute Gasteiger partial charge is 0.127 e. The van der Waals surface area contributed by atoms with Gasteiger partial charge in [-0.25, -0.2) is 0 Å². The third-order valence-corrected chi connectivity index (χ3v) is 4.71. The zero-order valence-corrected chi connectivity index (χ0v) is 14.8. The molecule has 0 aliphatic heterocycles. The number of fused-ring (bicyclic) bond motifs is 2. The number of benzene rings is 3. The lowest BCUT2D eigenvalue weighted by molar-refractivity contribution is 0.307. The summed E-state index contributed by atoms with van der Waals surface area (Å²) in [6.45, 7) is 3.08. The molecule has 24 heavy (non-hydrogen) atoms. The van der Waals surface area contributed by atoms with Crippen molar-refractivity contribution >= 4 is 21.5 Å². The molecule has 126 valence electrons. The van der Waals surface area contributed by atoms with Crippen LogP contribution in [0.1, 0.15) is 51.9 Å². The van der Waals surface area contributed by atoms with Gasteiger partial charge < -0.3 is 4.74 Å². The van der Waals surface area contributed by atoms with Gasteiger partial charge in [0, 0.05) is 5.39 Å². The van der Waals surface area contributed by atoms with E-state index in [4.69, 9.17) is 4.74 Å². The third-order valence-electron chi connectivity index (χ3n) is 4.71. The van der Waals surface area contributed by atoms with E-state index in [1.807, 2.05) is 0 Å². The highest BCUT2D eigenvalue weighted by Gasteiger charge is 2.04. The van der Waals surface area contributed by atoms with E-state index < -0.39 is 0 Å². The van der Waals surface area contributed by atoms with Crippen LogP contribution in [-0.4, -0.2) is 6.61 Å². The molecule has 0 saturated heterocycles. The molecule has 1 heteroatoms. The SMILES string of the molecule is CCCCCCCCCOc1cccc2cc3ccccc3cc12. The summed E-state index contributed by atoms with van der Waals surface area (Å²) in [5, 5.41) is 5.04. The Balaban J connectivity index is 1.59. The largest absolute Gasteiger partial charge is 0.493 e. The highest BCUT2D eigenvalue weighted by atomic mass is 16.5. The van der Waals surface area contributed by atoms with Crippen molar-refractivity contribution in [2.75, 3.05) is 6.61 Å². The van der Waals surface area contributed by atoms with Gasteiger partial charge >= 0.3 is 0 Å². The van der Waals surface area contributed by atoms with E-state index in [0.717, 1.165) is 18.8 Å². The van der Waals surface area contributed by atoms with Gasteiger partial charge in [0.1, 0.15) is 5.75 Å². The minimum atomic E-state index is 0.819. The Bertz CT molecular complexity index is 775. The third kappa shape index (κ3) is 4.29. The van der Waals surface area contributed by atoms with Crippen LogP contribution in [0.2, 0.25) is 0 Å². The molecule has 0 unspecified atom stereocenters. The van der Waals surface area contributed by atoms with Crippen molar-refractivity contribution < 1.29 is 4.74 Å². The van der Waals surface area contributed by atoms with Crippen molar-refractivity contribution in [2.24, 2.45) is 0 Å². The maximum Gasteiger partial charge on any atom is 0.127 e. The van der Waals surface area contributed by atoms with Crippen molar-refractivity contribution in [1.82, 2.24) is 0 Å². The standard InChI is InChI=1S/C23H28O/c1-2-3-4-5-6-7-10-16-24-23-15-11-14-21-17-19-12-8-9-13-20(19)18-22(21)23/h8-9,11-15,17-18H,2-7,10,16H2,1H3. The van der Waals surface area contributed by atoms with Crippen LogP contribution < -0.4 is 4.74 Å². The Morgan fingerprint density at radius 3 is 2.12 bits per heavy atom. The molecule has 3 rings (SSSR count). The lowest BCUT2D eigenvalue weighted by atomic mass is 10.0. The van der Waals surface area contributed by atoms with Crippen molar-refractivity contribution in [3.63, 3.8) is 0 Å². The number of ether oxygens (including phenoxy) is 1. The zero-order valence-electron chi connectivity index (χ0n) is 14.8. The summed E-state index contributed by atoms with van der Waals surface area (Å²) in [7, 11) is 0. The summed E-state index contributed by atoms with van der Waals surface area (Å²) >= 11 is 0. The summed E-state index contributed by atoms with van der Waals surface area (Å²) in [5.74, 6) is 1.02. The van der Waals surface area contributed by atoms with Crippen LogP contribution in [-0.2, 0) is 0 Å². The first-order chi connectivity index (χ1) is 11.9. The number of hydrogen-bond donors (Lipinski definition) is 0. The van der Waals surface area contributed by atoms with Gasteiger partial charge in [-0.15, -0.1) is 0 Å². The molecular formula is C23H28O. The predicted octanol–water partition coefficient (Wildman–Crippen LogP) is 7.12. The summed E-state index contributed by atoms with van der Waals surface area (Å²) in [4.78, 5) is 0. The van der Waals surface area contributed by atoms with Gasteiger partial charge in [0.15, 0.2) is 0 Å². The number of rotatable bonds is 9. The van der Waals surface area contributed by atoms with E-state index >= 15 is 0 Å². The van der Waals surface area contributed by atoms with Crippen LogP contribution in [0.15, 0.2) is 54.6 Å². The second kappa shape index (κ2) is 8.73. The average molecular weight is 320 g/mol. The molecule has 0 saturated carbocycles. The Labute approximate surface area is 145 Å². The van der Waals surface area contributed by atoms with Crippen LogP contribution in [0.4, 0.5) is 0 Å². The van der Waals surface area contributed by atoms with Crippen molar-refractivity contribution in [1.29, 1.82) is 0 Å². The summed E-state index contributed by atoms with van der Waals surface area (Å²) in [5.41, 5.74) is 0. The van der Waals surface area contributed by atoms with E-state index in [-0.39, 0.29) is 0 Å². The van der Waals surface area contributed by atoms with Crippen molar-refractivity contribution in [3.8, 4) is 5.75 Å². The molecule has 0 atom stereocenters. The Morgan fingerprint density at radius 1 is 0.667 bits per heavy atom. The molecule has 0 radical (unpaired) electrons. The minimum absolute atomic E-state index is 0.819. The fraction of sp³-hybridized carbons (Fsp3) is 0.391. The molecule has 1 nitrogen and oxygen atoms in total. The van der Waals surface area contributed by atoms with Crippen LogP contribution in [0, 0.1) is 0 Å². The van der Waals surface area contributed by atoms with Crippen LogP contribution in [0.5, 0.6) is 5.75 Å². The molecule has 0 amide bonds. The second-order valence-electron chi connectivity index (χ2n) is 6.65. The predicted molar refractivity (Wildman–Crippen MR) is 105 cm³/mol. The molecule has 0 aliphatic rings. The normalized spacial score (nSPS) is 11.2. The highest BCUT2D eigenvalue weighted by molar-refractivity contribution is 6.00. The minimum Gasteiger partial charge on any atom is -0.493 e. The lowest BCUT2D eigenvalue weighted by Crippen LogP contribution is -1.98. The Morgan fingerprint density at radius 2 is 1.33 bits per heavy atom.